The molecule has 0 aliphatic heterocycles. The average molecular weight is 220 g/mol. The Bertz CT molecular complexity index is 235. The Morgan fingerprint density at radius 1 is 1.00 bits per heavy atom. The van der Waals surface area contributed by atoms with Gasteiger partial charge in [-0.05, 0) is 49.9 Å². The SMILES string of the molecule is CC(=CCC1CCCC1)C1C(C)CCC1C. The molecule has 0 amide bonds. The van der Waals surface area contributed by atoms with Crippen LogP contribution >= 0.6 is 0 Å². The molecule has 0 N–H and O–H groups in total. The van der Waals surface area contributed by atoms with E-state index in [9.17, 15) is 0 Å². The molecule has 2 aliphatic carbocycles. The second-order valence-electron chi connectivity index (χ2n) is 6.39. The average Bonchev–Trinajstić information content (AvgIpc) is 2.86. The van der Waals surface area contributed by atoms with Gasteiger partial charge >= 0.3 is 0 Å². The van der Waals surface area contributed by atoms with Crippen molar-refractivity contribution in [3.05, 3.63) is 11.6 Å². The van der Waals surface area contributed by atoms with Crippen LogP contribution < -0.4 is 0 Å². The summed E-state index contributed by atoms with van der Waals surface area (Å²) in [5.41, 5.74) is 1.70. The van der Waals surface area contributed by atoms with Gasteiger partial charge in [-0.15, -0.1) is 0 Å². The lowest BCUT2D eigenvalue weighted by Gasteiger charge is -2.21. The molecule has 0 spiro atoms. The lowest BCUT2D eigenvalue weighted by Crippen LogP contribution is -2.12. The van der Waals surface area contributed by atoms with Crippen molar-refractivity contribution in [2.45, 2.75) is 65.7 Å². The first-order valence-corrected chi connectivity index (χ1v) is 7.35. The predicted octanol–water partition coefficient (Wildman–Crippen LogP) is 5.20. The fraction of sp³-hybridized carbons (Fsp3) is 0.875. The molecule has 0 radical (unpaired) electrons. The molecule has 0 saturated heterocycles. The summed E-state index contributed by atoms with van der Waals surface area (Å²) in [5, 5.41) is 0. The van der Waals surface area contributed by atoms with Crippen LogP contribution in [-0.4, -0.2) is 0 Å². The summed E-state index contributed by atoms with van der Waals surface area (Å²) in [6.07, 6.45) is 12.8. The summed E-state index contributed by atoms with van der Waals surface area (Å²) >= 11 is 0. The zero-order chi connectivity index (χ0) is 11.5. The third-order valence-electron chi connectivity index (χ3n) is 5.08. The first kappa shape index (κ1) is 12.2. The normalized spacial score (nSPS) is 37.2. The molecule has 2 atom stereocenters. The molecule has 0 heteroatoms. The minimum atomic E-state index is 0.890. The molecule has 2 saturated carbocycles. The van der Waals surface area contributed by atoms with E-state index in [-0.39, 0.29) is 0 Å². The molecular formula is C16H28. The summed E-state index contributed by atoms with van der Waals surface area (Å²) in [6.45, 7) is 7.28. The minimum absolute atomic E-state index is 0.890. The number of hydrogen-bond acceptors (Lipinski definition) is 0. The Labute approximate surface area is 102 Å². The van der Waals surface area contributed by atoms with Crippen molar-refractivity contribution in [1.29, 1.82) is 0 Å². The second kappa shape index (κ2) is 5.38. The lowest BCUT2D eigenvalue weighted by molar-refractivity contribution is 0.400. The van der Waals surface area contributed by atoms with Gasteiger partial charge in [0, 0.05) is 0 Å². The molecule has 0 aromatic carbocycles. The van der Waals surface area contributed by atoms with Gasteiger partial charge in [0.2, 0.25) is 0 Å². The third kappa shape index (κ3) is 2.70. The van der Waals surface area contributed by atoms with Crippen molar-refractivity contribution in [2.24, 2.45) is 23.7 Å². The molecule has 0 aromatic rings. The van der Waals surface area contributed by atoms with E-state index >= 15 is 0 Å². The molecule has 2 rings (SSSR count). The fourth-order valence-corrected chi connectivity index (χ4v) is 4.08. The highest BCUT2D eigenvalue weighted by atomic mass is 14.4. The molecule has 0 nitrogen and oxygen atoms in total. The van der Waals surface area contributed by atoms with Crippen molar-refractivity contribution < 1.29 is 0 Å². The fourth-order valence-electron chi connectivity index (χ4n) is 4.08. The summed E-state index contributed by atoms with van der Waals surface area (Å²) < 4.78 is 0. The quantitative estimate of drug-likeness (QED) is 0.574. The summed E-state index contributed by atoms with van der Waals surface area (Å²) in [7, 11) is 0. The highest BCUT2D eigenvalue weighted by Gasteiger charge is 2.31. The standard InChI is InChI=1S/C16H28/c1-12-8-9-13(2)16(12)14(3)10-11-15-6-4-5-7-15/h10,12-13,15-16H,4-9,11H2,1-3H3. The first-order chi connectivity index (χ1) is 7.68. The lowest BCUT2D eigenvalue weighted by atomic mass is 9.84. The van der Waals surface area contributed by atoms with Crippen molar-refractivity contribution >= 4 is 0 Å². The molecule has 0 heterocycles. The highest BCUT2D eigenvalue weighted by Crippen LogP contribution is 2.41. The van der Waals surface area contributed by atoms with Crippen molar-refractivity contribution in [3.63, 3.8) is 0 Å². The van der Waals surface area contributed by atoms with Gasteiger partial charge in [0.15, 0.2) is 0 Å². The maximum atomic E-state index is 2.58. The first-order valence-electron chi connectivity index (χ1n) is 7.35. The van der Waals surface area contributed by atoms with E-state index in [2.05, 4.69) is 26.8 Å². The topological polar surface area (TPSA) is 0 Å². The molecule has 2 aliphatic rings. The van der Waals surface area contributed by atoms with E-state index in [4.69, 9.17) is 0 Å². The van der Waals surface area contributed by atoms with E-state index in [1.165, 1.54) is 44.9 Å². The van der Waals surface area contributed by atoms with Crippen molar-refractivity contribution in [3.8, 4) is 0 Å². The summed E-state index contributed by atoms with van der Waals surface area (Å²) in [6, 6.07) is 0. The smallest absolute Gasteiger partial charge is 0.0155 e. The Morgan fingerprint density at radius 2 is 1.56 bits per heavy atom. The van der Waals surface area contributed by atoms with E-state index in [0.717, 1.165) is 23.7 Å². The van der Waals surface area contributed by atoms with Gasteiger partial charge in [-0.25, -0.2) is 0 Å². The zero-order valence-corrected chi connectivity index (χ0v) is 11.3. The molecular weight excluding hydrogens is 192 g/mol. The van der Waals surface area contributed by atoms with Crippen LogP contribution in [0, 0.1) is 23.7 Å². The second-order valence-corrected chi connectivity index (χ2v) is 6.39. The number of allylic oxidation sites excluding steroid dienone is 2. The zero-order valence-electron chi connectivity index (χ0n) is 11.3. The summed E-state index contributed by atoms with van der Waals surface area (Å²) in [4.78, 5) is 0. The Morgan fingerprint density at radius 3 is 2.12 bits per heavy atom. The largest absolute Gasteiger partial charge is 0.0850 e. The third-order valence-corrected chi connectivity index (χ3v) is 5.08. The Hall–Kier alpha value is -0.260. The molecule has 16 heavy (non-hydrogen) atoms. The maximum Gasteiger partial charge on any atom is -0.0155 e. The van der Waals surface area contributed by atoms with Gasteiger partial charge in [-0.3, -0.25) is 0 Å². The molecule has 2 unspecified atom stereocenters. The number of hydrogen-bond donors (Lipinski definition) is 0. The molecule has 92 valence electrons. The van der Waals surface area contributed by atoms with Gasteiger partial charge < -0.3 is 0 Å². The predicted molar refractivity (Wildman–Crippen MR) is 71.4 cm³/mol. The number of rotatable bonds is 3. The maximum absolute atomic E-state index is 2.58. The van der Waals surface area contributed by atoms with Gasteiger partial charge in [-0.2, -0.15) is 0 Å². The summed E-state index contributed by atoms with van der Waals surface area (Å²) in [5.74, 6) is 3.76. The Kier molecular flexibility index (Phi) is 4.10. The van der Waals surface area contributed by atoms with Crippen LogP contribution in [0.3, 0.4) is 0 Å². The molecule has 0 aromatic heterocycles. The van der Waals surface area contributed by atoms with E-state index < -0.39 is 0 Å². The van der Waals surface area contributed by atoms with E-state index in [1.54, 1.807) is 5.57 Å². The van der Waals surface area contributed by atoms with Crippen LogP contribution in [0.25, 0.3) is 0 Å². The van der Waals surface area contributed by atoms with Crippen molar-refractivity contribution in [2.75, 3.05) is 0 Å². The van der Waals surface area contributed by atoms with Crippen LogP contribution in [0.4, 0.5) is 0 Å². The van der Waals surface area contributed by atoms with Crippen LogP contribution in [0.15, 0.2) is 11.6 Å². The Balaban J connectivity index is 1.89. The van der Waals surface area contributed by atoms with Crippen LogP contribution in [0.1, 0.15) is 65.7 Å². The highest BCUT2D eigenvalue weighted by molar-refractivity contribution is 5.09. The van der Waals surface area contributed by atoms with E-state index in [1.807, 2.05) is 0 Å². The monoisotopic (exact) mass is 220 g/mol. The van der Waals surface area contributed by atoms with E-state index in [0.29, 0.717) is 0 Å². The van der Waals surface area contributed by atoms with Crippen LogP contribution in [0.5, 0.6) is 0 Å². The minimum Gasteiger partial charge on any atom is -0.0850 e. The van der Waals surface area contributed by atoms with Crippen LogP contribution in [0.2, 0.25) is 0 Å². The molecule has 0 bridgehead atoms. The van der Waals surface area contributed by atoms with Crippen molar-refractivity contribution in [1.82, 2.24) is 0 Å². The van der Waals surface area contributed by atoms with Gasteiger partial charge in [0.25, 0.3) is 0 Å². The van der Waals surface area contributed by atoms with Gasteiger partial charge in [0.05, 0.1) is 0 Å². The van der Waals surface area contributed by atoms with Gasteiger partial charge in [0.1, 0.15) is 0 Å². The van der Waals surface area contributed by atoms with Crippen LogP contribution in [-0.2, 0) is 0 Å². The molecule has 2 fully saturated rings. The van der Waals surface area contributed by atoms with Gasteiger partial charge in [-0.1, -0.05) is 51.2 Å².